The molecule has 35 heavy (non-hydrogen) atoms. The predicted molar refractivity (Wildman–Crippen MR) is 140 cm³/mol. The van der Waals surface area contributed by atoms with E-state index in [0.29, 0.717) is 11.4 Å². The lowest BCUT2D eigenvalue weighted by Crippen LogP contribution is -1.85. The van der Waals surface area contributed by atoms with Gasteiger partial charge in [0.15, 0.2) is 0 Å². The molecule has 4 heterocycles. The molecule has 0 radical (unpaired) electrons. The number of nitrogens with zero attached hydrogens (tertiary/aromatic N) is 2. The normalized spacial score (nSPS) is 11.6. The minimum absolute atomic E-state index is 0.599. The third kappa shape index (κ3) is 3.15. The summed E-state index contributed by atoms with van der Waals surface area (Å²) >= 11 is 0. The van der Waals surface area contributed by atoms with E-state index in [4.69, 9.17) is 13.8 Å². The first kappa shape index (κ1) is 19.7. The highest BCUT2D eigenvalue weighted by Crippen LogP contribution is 2.42. The number of para-hydroxylation sites is 1. The van der Waals surface area contributed by atoms with Gasteiger partial charge >= 0.3 is 0 Å². The van der Waals surface area contributed by atoms with Crippen molar-refractivity contribution >= 4 is 33.2 Å². The smallest absolute Gasteiger partial charge is 0.227 e. The molecule has 4 heteroatoms. The van der Waals surface area contributed by atoms with Crippen molar-refractivity contribution in [3.8, 4) is 33.7 Å². The first-order valence-corrected chi connectivity index (χ1v) is 11.6. The van der Waals surface area contributed by atoms with Gasteiger partial charge in [-0.2, -0.15) is 0 Å². The lowest BCUT2D eigenvalue weighted by atomic mass is 9.99. The molecule has 4 nitrogen and oxygen atoms in total. The van der Waals surface area contributed by atoms with Gasteiger partial charge in [-0.05, 0) is 42.8 Å². The third-order valence-corrected chi connectivity index (χ3v) is 6.43. The van der Waals surface area contributed by atoms with Gasteiger partial charge in [-0.1, -0.05) is 72.8 Å². The summed E-state index contributed by atoms with van der Waals surface area (Å²) in [5.41, 5.74) is 7.83. The van der Waals surface area contributed by atoms with Crippen LogP contribution in [-0.4, -0.2) is 9.97 Å². The van der Waals surface area contributed by atoms with Crippen molar-refractivity contribution < 1.29 is 8.83 Å². The van der Waals surface area contributed by atoms with Crippen molar-refractivity contribution in [3.05, 3.63) is 109 Å². The number of fused-ring (bicyclic) bond motifs is 4. The minimum atomic E-state index is 0.599. The van der Waals surface area contributed by atoms with Gasteiger partial charge in [-0.3, -0.25) is 0 Å². The molecule has 0 fully saturated rings. The third-order valence-electron chi connectivity index (χ3n) is 6.43. The summed E-state index contributed by atoms with van der Waals surface area (Å²) in [5, 5.41) is 3.01. The van der Waals surface area contributed by atoms with E-state index in [9.17, 15) is 0 Å². The number of aryl methyl sites for hydroxylation is 1. The second-order valence-corrected chi connectivity index (χ2v) is 8.68. The molecule has 7 rings (SSSR count). The van der Waals surface area contributed by atoms with Crippen molar-refractivity contribution in [1.29, 1.82) is 0 Å². The summed E-state index contributed by atoms with van der Waals surface area (Å²) in [6, 6.07) is 34.8. The largest absolute Gasteiger partial charge is 0.437 e. The molecular formula is C31H20N2O2. The molecular weight excluding hydrogens is 432 g/mol. The van der Waals surface area contributed by atoms with E-state index in [2.05, 4.69) is 47.4 Å². The summed E-state index contributed by atoms with van der Waals surface area (Å²) in [5.74, 6) is 0.818. The Morgan fingerprint density at radius 3 is 2.06 bits per heavy atom. The van der Waals surface area contributed by atoms with Crippen LogP contribution in [0.2, 0.25) is 0 Å². The molecule has 4 aromatic heterocycles. The fraction of sp³-hybridized carbons (Fsp3) is 0.0323. The predicted octanol–water partition coefficient (Wildman–Crippen LogP) is 8.43. The zero-order chi connectivity index (χ0) is 23.4. The van der Waals surface area contributed by atoms with Crippen LogP contribution < -0.4 is 0 Å². The number of benzene rings is 3. The van der Waals surface area contributed by atoms with Gasteiger partial charge < -0.3 is 8.83 Å². The van der Waals surface area contributed by atoms with Crippen molar-refractivity contribution in [2.45, 2.75) is 6.92 Å². The topological polar surface area (TPSA) is 52.1 Å². The molecule has 3 aromatic carbocycles. The summed E-state index contributed by atoms with van der Waals surface area (Å²) in [6.45, 7) is 1.97. The monoisotopic (exact) mass is 452 g/mol. The van der Waals surface area contributed by atoms with Crippen LogP contribution in [0.3, 0.4) is 0 Å². The lowest BCUT2D eigenvalue weighted by molar-refractivity contribution is 0.619. The van der Waals surface area contributed by atoms with E-state index in [1.165, 1.54) is 0 Å². The number of aromatic nitrogens is 2. The van der Waals surface area contributed by atoms with Gasteiger partial charge in [0, 0.05) is 38.5 Å². The molecule has 0 bridgehead atoms. The van der Waals surface area contributed by atoms with Gasteiger partial charge in [0.05, 0.1) is 5.69 Å². The van der Waals surface area contributed by atoms with E-state index in [1.807, 2.05) is 67.6 Å². The first-order chi connectivity index (χ1) is 17.3. The fourth-order valence-corrected chi connectivity index (χ4v) is 4.79. The maximum Gasteiger partial charge on any atom is 0.227 e. The van der Waals surface area contributed by atoms with Crippen molar-refractivity contribution in [2.75, 3.05) is 0 Å². The molecule has 0 saturated carbocycles. The molecule has 7 aromatic rings. The van der Waals surface area contributed by atoms with Gasteiger partial charge in [-0.15, -0.1) is 0 Å². The average Bonchev–Trinajstić information content (AvgIpc) is 3.47. The highest BCUT2D eigenvalue weighted by molar-refractivity contribution is 6.09. The number of hydrogen-bond donors (Lipinski definition) is 0. The van der Waals surface area contributed by atoms with E-state index in [0.717, 1.165) is 61.1 Å². The molecule has 0 saturated heterocycles. The Morgan fingerprint density at radius 1 is 0.543 bits per heavy atom. The second kappa shape index (κ2) is 7.67. The summed E-state index contributed by atoms with van der Waals surface area (Å²) in [4.78, 5) is 9.54. The Hall–Kier alpha value is -4.70. The van der Waals surface area contributed by atoms with Crippen LogP contribution in [-0.2, 0) is 0 Å². The van der Waals surface area contributed by atoms with Gasteiger partial charge in [0.25, 0.3) is 0 Å². The maximum absolute atomic E-state index is 6.43. The van der Waals surface area contributed by atoms with Crippen molar-refractivity contribution in [1.82, 2.24) is 9.97 Å². The first-order valence-electron chi connectivity index (χ1n) is 11.6. The molecule has 0 amide bonds. The van der Waals surface area contributed by atoms with Crippen LogP contribution in [0.4, 0.5) is 0 Å². The molecule has 0 aliphatic heterocycles. The quantitative estimate of drug-likeness (QED) is 0.270. The number of furan rings is 2. The maximum atomic E-state index is 6.43. The van der Waals surface area contributed by atoms with Crippen LogP contribution in [0.5, 0.6) is 0 Å². The van der Waals surface area contributed by atoms with E-state index in [-0.39, 0.29) is 0 Å². The summed E-state index contributed by atoms with van der Waals surface area (Å²) < 4.78 is 12.7. The Bertz CT molecular complexity index is 1850. The highest BCUT2D eigenvalue weighted by atomic mass is 16.3. The van der Waals surface area contributed by atoms with Gasteiger partial charge in [0.2, 0.25) is 11.4 Å². The SMILES string of the molecule is Cc1ccc2c(n1)oc1c(-c3ccc4c(-c5ccccc5)c(-c5ccccc5)oc4n3)cccc12. The van der Waals surface area contributed by atoms with Gasteiger partial charge in [0.1, 0.15) is 11.3 Å². The zero-order valence-electron chi connectivity index (χ0n) is 19.0. The van der Waals surface area contributed by atoms with Crippen LogP contribution in [0.25, 0.3) is 66.9 Å². The molecule has 0 unspecified atom stereocenters. The standard InChI is InChI=1S/C31H20N2O2/c1-19-15-16-23-22-13-8-14-24(29(22)35-30(23)32-19)26-18-17-25-27(20-9-4-2-5-10-20)28(34-31(25)33-26)21-11-6-3-7-12-21/h2-18H,1H3. The van der Waals surface area contributed by atoms with Crippen LogP contribution in [0.15, 0.2) is 112 Å². The summed E-state index contributed by atoms with van der Waals surface area (Å²) in [7, 11) is 0. The summed E-state index contributed by atoms with van der Waals surface area (Å²) in [6.07, 6.45) is 0. The van der Waals surface area contributed by atoms with Crippen LogP contribution in [0, 0.1) is 6.92 Å². The molecule has 0 atom stereocenters. The van der Waals surface area contributed by atoms with Crippen molar-refractivity contribution in [3.63, 3.8) is 0 Å². The lowest BCUT2D eigenvalue weighted by Gasteiger charge is -2.04. The average molecular weight is 453 g/mol. The number of rotatable bonds is 3. The van der Waals surface area contributed by atoms with Gasteiger partial charge in [-0.25, -0.2) is 9.97 Å². The fourth-order valence-electron chi connectivity index (χ4n) is 4.79. The van der Waals surface area contributed by atoms with Crippen molar-refractivity contribution in [2.24, 2.45) is 0 Å². The molecule has 0 aliphatic carbocycles. The van der Waals surface area contributed by atoms with Crippen LogP contribution >= 0.6 is 0 Å². The van der Waals surface area contributed by atoms with E-state index >= 15 is 0 Å². The zero-order valence-corrected chi connectivity index (χ0v) is 19.0. The minimum Gasteiger partial charge on any atom is -0.437 e. The Balaban J connectivity index is 1.47. The Labute approximate surface area is 201 Å². The Morgan fingerprint density at radius 2 is 1.26 bits per heavy atom. The van der Waals surface area contributed by atoms with Crippen LogP contribution in [0.1, 0.15) is 5.69 Å². The molecule has 0 spiro atoms. The molecule has 166 valence electrons. The highest BCUT2D eigenvalue weighted by Gasteiger charge is 2.20. The van der Waals surface area contributed by atoms with E-state index in [1.54, 1.807) is 0 Å². The number of hydrogen-bond acceptors (Lipinski definition) is 4. The Kier molecular flexibility index (Phi) is 4.33. The number of pyridine rings is 2. The van der Waals surface area contributed by atoms with E-state index < -0.39 is 0 Å². The second-order valence-electron chi connectivity index (χ2n) is 8.68. The molecule has 0 N–H and O–H groups in total. The molecule has 0 aliphatic rings.